The van der Waals surface area contributed by atoms with E-state index in [2.05, 4.69) is 39.1 Å². The molecule has 1 fully saturated rings. The molecule has 1 aliphatic heterocycles. The van der Waals surface area contributed by atoms with Gasteiger partial charge >= 0.3 is 5.69 Å². The number of aliphatic hydroxyl groups excluding tert-OH is 1. The van der Waals surface area contributed by atoms with Crippen LogP contribution in [0.15, 0.2) is 53.3 Å². The Labute approximate surface area is 169 Å². The standard InChI is InChI=1S/C22H26N4O3/c1-16-14-26(10-12-29-16)21-13-20(23-22(28)24-21)25(9-11-27)15-18-7-4-6-17-5-2-3-8-19(17)18/h2-8,13,16,27H,9-12,14-15H2,1H3,(H,23,24,28)/t16-/m1/s1. The molecule has 7 nitrogen and oxygen atoms in total. The number of ether oxygens (including phenoxy) is 1. The van der Waals surface area contributed by atoms with Crippen LogP contribution in [0.25, 0.3) is 10.8 Å². The average Bonchev–Trinajstić information content (AvgIpc) is 2.73. The summed E-state index contributed by atoms with van der Waals surface area (Å²) in [6.45, 7) is 4.98. The lowest BCUT2D eigenvalue weighted by Gasteiger charge is -2.32. The molecule has 1 atom stereocenters. The zero-order valence-electron chi connectivity index (χ0n) is 16.5. The number of fused-ring (bicyclic) bond motifs is 1. The molecule has 0 radical (unpaired) electrons. The molecule has 2 N–H and O–H groups in total. The van der Waals surface area contributed by atoms with Gasteiger partial charge in [0.05, 0.1) is 19.3 Å². The second-order valence-electron chi connectivity index (χ2n) is 7.34. The van der Waals surface area contributed by atoms with Crippen LogP contribution in [-0.2, 0) is 11.3 Å². The number of morpholine rings is 1. The van der Waals surface area contributed by atoms with Gasteiger partial charge in [0.2, 0.25) is 0 Å². The van der Waals surface area contributed by atoms with Crippen molar-refractivity contribution in [3.63, 3.8) is 0 Å². The summed E-state index contributed by atoms with van der Waals surface area (Å²) in [5, 5.41) is 12.0. The Balaban J connectivity index is 1.67. The number of hydrogen-bond acceptors (Lipinski definition) is 6. The number of hydrogen-bond donors (Lipinski definition) is 2. The smallest absolute Gasteiger partial charge is 0.348 e. The molecular formula is C22H26N4O3. The number of nitrogens with one attached hydrogen (secondary N) is 1. The van der Waals surface area contributed by atoms with Crippen molar-refractivity contribution < 1.29 is 9.84 Å². The number of aromatic amines is 1. The highest BCUT2D eigenvalue weighted by Gasteiger charge is 2.20. The van der Waals surface area contributed by atoms with E-state index in [1.807, 2.05) is 36.1 Å². The van der Waals surface area contributed by atoms with Gasteiger partial charge in [-0.05, 0) is 23.3 Å². The van der Waals surface area contributed by atoms with Crippen molar-refractivity contribution in [3.8, 4) is 0 Å². The van der Waals surface area contributed by atoms with Gasteiger partial charge in [0.15, 0.2) is 0 Å². The maximum Gasteiger partial charge on any atom is 0.348 e. The Hall–Kier alpha value is -2.90. The number of nitrogens with zero attached hydrogens (tertiary/aromatic N) is 3. The summed E-state index contributed by atoms with van der Waals surface area (Å²) < 4.78 is 5.60. The predicted octanol–water partition coefficient (Wildman–Crippen LogP) is 2.15. The van der Waals surface area contributed by atoms with Crippen LogP contribution in [0.2, 0.25) is 0 Å². The van der Waals surface area contributed by atoms with Gasteiger partial charge in [-0.25, -0.2) is 4.79 Å². The Morgan fingerprint density at radius 2 is 2.10 bits per heavy atom. The molecule has 152 valence electrons. The quantitative estimate of drug-likeness (QED) is 0.667. The minimum atomic E-state index is -0.391. The molecule has 1 aromatic heterocycles. The number of aromatic nitrogens is 2. The van der Waals surface area contributed by atoms with Gasteiger partial charge in [-0.1, -0.05) is 42.5 Å². The van der Waals surface area contributed by atoms with E-state index < -0.39 is 5.69 Å². The molecule has 0 spiro atoms. The Morgan fingerprint density at radius 1 is 1.28 bits per heavy atom. The molecule has 7 heteroatoms. The summed E-state index contributed by atoms with van der Waals surface area (Å²) in [5.74, 6) is 1.29. The Bertz CT molecular complexity index is 1030. The summed E-state index contributed by atoms with van der Waals surface area (Å²) in [5.41, 5.74) is 0.744. The maximum atomic E-state index is 12.3. The average molecular weight is 394 g/mol. The number of aliphatic hydroxyl groups is 1. The van der Waals surface area contributed by atoms with Gasteiger partial charge in [0.25, 0.3) is 0 Å². The summed E-state index contributed by atoms with van der Waals surface area (Å²) in [4.78, 5) is 23.4. The Morgan fingerprint density at radius 3 is 2.93 bits per heavy atom. The zero-order valence-corrected chi connectivity index (χ0v) is 16.5. The minimum absolute atomic E-state index is 0.0148. The van der Waals surface area contributed by atoms with Gasteiger partial charge in [-0.2, -0.15) is 4.98 Å². The fourth-order valence-corrected chi connectivity index (χ4v) is 3.83. The molecule has 1 aliphatic rings. The minimum Gasteiger partial charge on any atom is -0.395 e. The third-order valence-electron chi connectivity index (χ3n) is 5.23. The summed E-state index contributed by atoms with van der Waals surface area (Å²) in [7, 11) is 0. The monoisotopic (exact) mass is 394 g/mol. The van der Waals surface area contributed by atoms with Crippen molar-refractivity contribution >= 4 is 22.4 Å². The van der Waals surface area contributed by atoms with E-state index in [9.17, 15) is 9.90 Å². The van der Waals surface area contributed by atoms with Crippen LogP contribution in [0.3, 0.4) is 0 Å². The molecule has 0 unspecified atom stereocenters. The lowest BCUT2D eigenvalue weighted by molar-refractivity contribution is 0.0529. The molecule has 4 rings (SSSR count). The van der Waals surface area contributed by atoms with E-state index in [0.29, 0.717) is 44.4 Å². The Kier molecular flexibility index (Phi) is 5.78. The number of benzene rings is 2. The van der Waals surface area contributed by atoms with Crippen LogP contribution in [0.4, 0.5) is 11.6 Å². The first-order valence-corrected chi connectivity index (χ1v) is 9.94. The molecule has 0 aliphatic carbocycles. The molecule has 29 heavy (non-hydrogen) atoms. The van der Waals surface area contributed by atoms with Crippen molar-refractivity contribution in [1.29, 1.82) is 0 Å². The highest BCUT2D eigenvalue weighted by Crippen LogP contribution is 2.24. The second kappa shape index (κ2) is 8.63. The van der Waals surface area contributed by atoms with E-state index in [-0.39, 0.29) is 12.7 Å². The van der Waals surface area contributed by atoms with E-state index >= 15 is 0 Å². The molecule has 1 saturated heterocycles. The number of anilines is 2. The van der Waals surface area contributed by atoms with Crippen LogP contribution < -0.4 is 15.5 Å². The first-order chi connectivity index (χ1) is 14.1. The van der Waals surface area contributed by atoms with Crippen LogP contribution >= 0.6 is 0 Å². The molecule has 0 amide bonds. The summed E-state index contributed by atoms with van der Waals surface area (Å²) in [6, 6.07) is 16.3. The fourth-order valence-electron chi connectivity index (χ4n) is 3.83. The summed E-state index contributed by atoms with van der Waals surface area (Å²) in [6.07, 6.45) is 0.0949. The zero-order chi connectivity index (χ0) is 20.2. The SMILES string of the molecule is C[C@@H]1CN(c2cc(N(CCO)Cc3cccc4ccccc34)[nH]c(=O)n2)CCO1. The lowest BCUT2D eigenvalue weighted by atomic mass is 10.0. The van der Waals surface area contributed by atoms with Crippen molar-refractivity contribution in [3.05, 3.63) is 64.6 Å². The van der Waals surface area contributed by atoms with E-state index in [1.165, 1.54) is 5.39 Å². The molecule has 0 bridgehead atoms. The van der Waals surface area contributed by atoms with Crippen molar-refractivity contribution in [1.82, 2.24) is 9.97 Å². The number of H-pyrrole nitrogens is 1. The normalized spacial score (nSPS) is 16.9. The highest BCUT2D eigenvalue weighted by molar-refractivity contribution is 5.85. The summed E-state index contributed by atoms with van der Waals surface area (Å²) >= 11 is 0. The van der Waals surface area contributed by atoms with Gasteiger partial charge in [-0.3, -0.25) is 4.98 Å². The van der Waals surface area contributed by atoms with Crippen molar-refractivity contribution in [2.75, 3.05) is 42.6 Å². The molecule has 3 aromatic rings. The lowest BCUT2D eigenvalue weighted by Crippen LogP contribution is -2.42. The van der Waals surface area contributed by atoms with Crippen LogP contribution in [-0.4, -0.2) is 54.0 Å². The maximum absolute atomic E-state index is 12.3. The van der Waals surface area contributed by atoms with Crippen LogP contribution in [0.5, 0.6) is 0 Å². The fraction of sp³-hybridized carbons (Fsp3) is 0.364. The van der Waals surface area contributed by atoms with Gasteiger partial charge < -0.3 is 19.6 Å². The third kappa shape index (κ3) is 4.41. The predicted molar refractivity (Wildman–Crippen MR) is 115 cm³/mol. The molecule has 2 heterocycles. The molecule has 2 aromatic carbocycles. The third-order valence-corrected chi connectivity index (χ3v) is 5.23. The van der Waals surface area contributed by atoms with Crippen molar-refractivity contribution in [2.45, 2.75) is 19.6 Å². The first kappa shape index (κ1) is 19.4. The van der Waals surface area contributed by atoms with E-state index in [0.717, 1.165) is 10.9 Å². The molecular weight excluding hydrogens is 368 g/mol. The first-order valence-electron chi connectivity index (χ1n) is 9.94. The highest BCUT2D eigenvalue weighted by atomic mass is 16.5. The van der Waals surface area contributed by atoms with Gasteiger partial charge in [0.1, 0.15) is 11.6 Å². The van der Waals surface area contributed by atoms with Gasteiger partial charge in [-0.15, -0.1) is 0 Å². The number of rotatable bonds is 6. The second-order valence-corrected chi connectivity index (χ2v) is 7.34. The van der Waals surface area contributed by atoms with Crippen molar-refractivity contribution in [2.24, 2.45) is 0 Å². The van der Waals surface area contributed by atoms with E-state index in [1.54, 1.807) is 0 Å². The van der Waals surface area contributed by atoms with Crippen LogP contribution in [0.1, 0.15) is 12.5 Å². The molecule has 0 saturated carbocycles. The van der Waals surface area contributed by atoms with Crippen LogP contribution in [0, 0.1) is 0 Å². The van der Waals surface area contributed by atoms with Gasteiger partial charge in [0, 0.05) is 32.2 Å². The van der Waals surface area contributed by atoms with E-state index in [4.69, 9.17) is 4.74 Å². The topological polar surface area (TPSA) is 81.7 Å². The largest absolute Gasteiger partial charge is 0.395 e.